The molecule has 1 amide bonds. The summed E-state index contributed by atoms with van der Waals surface area (Å²) in [6.45, 7) is 6.93. The lowest BCUT2D eigenvalue weighted by Crippen LogP contribution is -2.07. The molecule has 0 unspecified atom stereocenters. The van der Waals surface area contributed by atoms with Crippen LogP contribution < -0.4 is 11.2 Å². The Morgan fingerprint density at radius 1 is 0.955 bits per heavy atom. The van der Waals surface area contributed by atoms with Crippen molar-refractivity contribution in [2.75, 3.05) is 5.32 Å². The van der Waals surface area contributed by atoms with E-state index in [1.165, 1.54) is 11.3 Å². The molecule has 0 saturated heterocycles. The number of anilines is 1. The number of carbonyl (C=O) groups excluding carboxylic acids is 1. The molecule has 0 fully saturated rings. The number of nitrogens with one attached hydrogen (secondary N) is 2. The van der Waals surface area contributed by atoms with Crippen LogP contribution in [0.15, 0.2) is 101 Å². The zero-order valence-electron chi connectivity index (χ0n) is 25.2. The number of aromatic nitrogens is 4. The third-order valence-electron chi connectivity index (χ3n) is 7.04. The monoisotopic (exact) mass is 587 g/mol. The summed E-state index contributed by atoms with van der Waals surface area (Å²) in [5, 5.41) is 25.2. The van der Waals surface area contributed by atoms with Gasteiger partial charge in [-0.3, -0.25) is 10.2 Å². The van der Waals surface area contributed by atoms with Crippen molar-refractivity contribution < 1.29 is 4.79 Å². The van der Waals surface area contributed by atoms with E-state index >= 15 is 0 Å². The summed E-state index contributed by atoms with van der Waals surface area (Å²) in [4.78, 5) is 14.5. The van der Waals surface area contributed by atoms with Crippen LogP contribution in [0.5, 0.6) is 0 Å². The van der Waals surface area contributed by atoms with Crippen LogP contribution in [0.2, 0.25) is 0 Å². The number of aryl methyl sites for hydroxylation is 3. The van der Waals surface area contributed by atoms with Gasteiger partial charge >= 0.3 is 0 Å². The van der Waals surface area contributed by atoms with Crippen LogP contribution in [0, 0.1) is 19.3 Å². The summed E-state index contributed by atoms with van der Waals surface area (Å²) in [7, 11) is 0. The number of rotatable bonds is 10. The predicted octanol–water partition coefficient (Wildman–Crippen LogP) is 6.92. The van der Waals surface area contributed by atoms with Gasteiger partial charge in [0.05, 0.1) is 5.69 Å². The average molecular weight is 588 g/mol. The van der Waals surface area contributed by atoms with Gasteiger partial charge < -0.3 is 15.7 Å². The highest BCUT2D eigenvalue weighted by atomic mass is 16.1. The highest BCUT2D eigenvalue weighted by Gasteiger charge is 2.13. The summed E-state index contributed by atoms with van der Waals surface area (Å²) in [6, 6.07) is 28.2. The Bertz CT molecular complexity index is 1690. The molecule has 44 heavy (non-hydrogen) atoms. The maximum Gasteiger partial charge on any atom is 0.212 e. The molecule has 2 aromatic heterocycles. The van der Waals surface area contributed by atoms with Gasteiger partial charge in [0.25, 0.3) is 0 Å². The molecule has 0 atom stereocenters. The van der Waals surface area contributed by atoms with Gasteiger partial charge in [-0.1, -0.05) is 79.2 Å². The molecular formula is C34H37N9O. The first-order chi connectivity index (χ1) is 21.4. The van der Waals surface area contributed by atoms with Crippen LogP contribution >= 0.6 is 0 Å². The fourth-order valence-electron chi connectivity index (χ4n) is 4.68. The van der Waals surface area contributed by atoms with E-state index in [1.54, 1.807) is 12.1 Å². The molecule has 10 nitrogen and oxygen atoms in total. The minimum Gasteiger partial charge on any atom is -0.328 e. The molecule has 5 rings (SSSR count). The molecule has 0 aliphatic rings. The molecule has 4 N–H and O–H groups in total. The first kappa shape index (κ1) is 31.4. The van der Waals surface area contributed by atoms with Crippen molar-refractivity contribution in [3.8, 4) is 22.3 Å². The Balaban J connectivity index is 0.000000375. The van der Waals surface area contributed by atoms with E-state index < -0.39 is 0 Å². The highest BCUT2D eigenvalue weighted by molar-refractivity contribution is 6.03. The highest BCUT2D eigenvalue weighted by Crippen LogP contribution is 2.31. The lowest BCUT2D eigenvalue weighted by atomic mass is 9.93. The van der Waals surface area contributed by atoms with Crippen LogP contribution in [0.3, 0.4) is 0 Å². The maximum atomic E-state index is 9.88. The summed E-state index contributed by atoms with van der Waals surface area (Å²) in [5.74, 6) is 6.88. The molecule has 0 aliphatic carbocycles. The minimum absolute atomic E-state index is 0.0378. The van der Waals surface area contributed by atoms with Gasteiger partial charge in [-0.15, -0.1) is 10.2 Å². The van der Waals surface area contributed by atoms with Crippen molar-refractivity contribution in [2.45, 2.75) is 46.6 Å². The molecule has 0 radical (unpaired) electrons. The van der Waals surface area contributed by atoms with E-state index in [2.05, 4.69) is 91.7 Å². The smallest absolute Gasteiger partial charge is 0.212 e. The van der Waals surface area contributed by atoms with Crippen LogP contribution in [-0.4, -0.2) is 32.0 Å². The normalized spacial score (nSPS) is 10.7. The van der Waals surface area contributed by atoms with Gasteiger partial charge in [0.15, 0.2) is 11.7 Å². The van der Waals surface area contributed by atoms with Crippen molar-refractivity contribution >= 4 is 18.1 Å². The molecule has 2 heterocycles. The van der Waals surface area contributed by atoms with Crippen molar-refractivity contribution in [3.63, 3.8) is 0 Å². The number of hydrogen-bond acceptors (Lipinski definition) is 6. The number of imidazole rings is 1. The summed E-state index contributed by atoms with van der Waals surface area (Å²) < 4.78 is 2.30. The number of amidine groups is 1. The summed E-state index contributed by atoms with van der Waals surface area (Å²) >= 11 is 0. The SMILES string of the molecule is CCCCc1ncc(C)n1Cc1ccc(-c2cc(-c3ccccc3)ccc2C(=N)N=NN)cc1.Cc1ccc(NC=O)nn1. The largest absolute Gasteiger partial charge is 0.328 e. The second-order valence-corrected chi connectivity index (χ2v) is 10.2. The zero-order valence-corrected chi connectivity index (χ0v) is 25.2. The summed E-state index contributed by atoms with van der Waals surface area (Å²) in [6.07, 6.45) is 5.82. The number of amides is 1. The second kappa shape index (κ2) is 15.6. The van der Waals surface area contributed by atoms with Gasteiger partial charge in [-0.05, 0) is 72.4 Å². The number of nitrogens with zero attached hydrogens (tertiary/aromatic N) is 6. The topological polar surface area (TPSA) is 147 Å². The molecule has 5 aromatic rings. The van der Waals surface area contributed by atoms with Gasteiger partial charge in [-0.25, -0.2) is 4.98 Å². The molecule has 0 aliphatic heterocycles. The second-order valence-electron chi connectivity index (χ2n) is 10.2. The molecular weight excluding hydrogens is 550 g/mol. The molecule has 0 bridgehead atoms. The Hall–Kier alpha value is -5.51. The van der Waals surface area contributed by atoms with E-state index in [-0.39, 0.29) is 5.84 Å². The number of hydrogen-bond donors (Lipinski definition) is 3. The lowest BCUT2D eigenvalue weighted by Gasteiger charge is -2.13. The maximum absolute atomic E-state index is 9.88. The van der Waals surface area contributed by atoms with Crippen molar-refractivity contribution in [3.05, 3.63) is 119 Å². The average Bonchev–Trinajstić information content (AvgIpc) is 3.40. The molecule has 224 valence electrons. The van der Waals surface area contributed by atoms with Gasteiger partial charge in [0.1, 0.15) is 5.82 Å². The minimum atomic E-state index is 0.0378. The number of unbranched alkanes of at least 4 members (excludes halogenated alkanes) is 1. The van der Waals surface area contributed by atoms with E-state index in [0.717, 1.165) is 59.6 Å². The van der Waals surface area contributed by atoms with E-state index in [0.29, 0.717) is 17.8 Å². The van der Waals surface area contributed by atoms with Crippen LogP contribution in [0.1, 0.15) is 48.1 Å². The van der Waals surface area contributed by atoms with E-state index in [9.17, 15) is 4.79 Å². The van der Waals surface area contributed by atoms with Crippen molar-refractivity contribution in [1.29, 1.82) is 5.41 Å². The van der Waals surface area contributed by atoms with E-state index in [1.807, 2.05) is 43.5 Å². The molecule has 0 saturated carbocycles. The Kier molecular flexibility index (Phi) is 11.2. The van der Waals surface area contributed by atoms with E-state index in [4.69, 9.17) is 11.3 Å². The predicted molar refractivity (Wildman–Crippen MR) is 174 cm³/mol. The quantitative estimate of drug-likeness (QED) is 0.0405. The fourth-order valence-corrected chi connectivity index (χ4v) is 4.68. The third-order valence-corrected chi connectivity index (χ3v) is 7.04. The number of carbonyl (C=O) groups is 1. The third kappa shape index (κ3) is 8.28. The molecule has 10 heteroatoms. The Morgan fingerprint density at radius 2 is 1.70 bits per heavy atom. The van der Waals surface area contributed by atoms with Crippen LogP contribution in [0.25, 0.3) is 22.3 Å². The standard InChI is InChI=1S/C28H30N6.C6H7N3O/c1-3-4-10-27-31-18-20(2)34(27)19-21-11-13-23(14-12-21)26-17-24(22-8-6-5-7-9-22)15-16-25(26)28(29)32-33-30;1-5-2-3-6(7-4-10)9-8-5/h5-9,11-18H,3-4,10,19H2,1-2H3,(H3,29,30,32);2-4H,1H3,(H,7,9,10). The van der Waals surface area contributed by atoms with Crippen LogP contribution in [-0.2, 0) is 17.8 Å². The Labute approximate surface area is 257 Å². The first-order valence-electron chi connectivity index (χ1n) is 14.4. The van der Waals surface area contributed by atoms with Crippen molar-refractivity contribution in [1.82, 2.24) is 19.7 Å². The summed E-state index contributed by atoms with van der Waals surface area (Å²) in [5.41, 5.74) is 8.04. The van der Waals surface area contributed by atoms with Gasteiger partial charge in [0, 0.05) is 30.4 Å². The van der Waals surface area contributed by atoms with Crippen molar-refractivity contribution in [2.24, 2.45) is 16.2 Å². The molecule has 3 aromatic carbocycles. The number of benzene rings is 3. The zero-order chi connectivity index (χ0) is 31.3. The fraction of sp³-hybridized carbons (Fsp3) is 0.206. The lowest BCUT2D eigenvalue weighted by molar-refractivity contribution is -0.105. The number of nitrogens with two attached hydrogens (primary N) is 1. The first-order valence-corrected chi connectivity index (χ1v) is 14.4. The van der Waals surface area contributed by atoms with Gasteiger partial charge in [-0.2, -0.15) is 5.10 Å². The van der Waals surface area contributed by atoms with Crippen LogP contribution in [0.4, 0.5) is 5.82 Å². The Morgan fingerprint density at radius 3 is 2.36 bits per heavy atom. The molecule has 0 spiro atoms. The van der Waals surface area contributed by atoms with Gasteiger partial charge in [0.2, 0.25) is 6.41 Å².